The van der Waals surface area contributed by atoms with Crippen LogP contribution in [0.1, 0.15) is 0 Å². The molecule has 5 N–H and O–H groups in total. The monoisotopic (exact) mass is 192 g/mol. The molecule has 62 valence electrons. The molecule has 0 saturated heterocycles. The van der Waals surface area contributed by atoms with Gasteiger partial charge in [-0.05, 0) is 0 Å². The van der Waals surface area contributed by atoms with E-state index in [2.05, 4.69) is 4.58 Å². The lowest BCUT2D eigenvalue weighted by Gasteiger charge is -1.82. The van der Waals surface area contributed by atoms with Crippen molar-refractivity contribution in [1.29, 1.82) is 0 Å². The normalized spacial score (nSPS) is 9.20. The van der Waals surface area contributed by atoms with Gasteiger partial charge in [0.05, 0.1) is 0 Å². The predicted octanol–water partition coefficient (Wildman–Crippen LogP) is -2.04. The van der Waals surface area contributed by atoms with Gasteiger partial charge in [0.15, 0.2) is 0 Å². The Labute approximate surface area is 56.4 Å². The van der Waals surface area contributed by atoms with Gasteiger partial charge in [0.1, 0.15) is 0 Å². The average Bonchev–Trinajstić information content (AvgIpc) is 1.61. The molecule has 0 bridgehead atoms. The first kappa shape index (κ1) is 12.4. The molecule has 0 heterocycles. The first-order valence-electron chi connectivity index (χ1n) is 1.60. The van der Waals surface area contributed by atoms with E-state index in [1.165, 1.54) is 0 Å². The van der Waals surface area contributed by atoms with Gasteiger partial charge in [-0.2, -0.15) is 0 Å². The van der Waals surface area contributed by atoms with Crippen LogP contribution in [0.3, 0.4) is 0 Å². The molecule has 0 spiro atoms. The van der Waals surface area contributed by atoms with Gasteiger partial charge in [-0.3, -0.25) is 4.46 Å². The van der Waals surface area contributed by atoms with Gasteiger partial charge in [0.25, 0.3) is 0 Å². The van der Waals surface area contributed by atoms with Gasteiger partial charge >= 0.3 is 17.0 Å². The zero-order valence-corrected chi connectivity index (χ0v) is 6.30. The summed E-state index contributed by atoms with van der Waals surface area (Å²) in [5.41, 5.74) is 0. The van der Waals surface area contributed by atoms with Crippen molar-refractivity contribution < 1.29 is 38.3 Å². The zero-order valence-electron chi connectivity index (χ0n) is 4.41. The van der Waals surface area contributed by atoms with Gasteiger partial charge in [-0.15, -0.1) is 0 Å². The summed E-state index contributed by atoms with van der Waals surface area (Å²) < 4.78 is 20.8. The van der Waals surface area contributed by atoms with Crippen LogP contribution in [-0.2, 0) is 13.6 Å². The molecule has 10 heavy (non-hydrogen) atoms. The highest BCUT2D eigenvalue weighted by molar-refractivity contribution is 7.45. The summed E-state index contributed by atoms with van der Waals surface area (Å²) in [5, 5.41) is 7.13. The second-order valence-electron chi connectivity index (χ2n) is 0.870. The maximum absolute atomic E-state index is 9.08. The van der Waals surface area contributed by atoms with Crippen LogP contribution < -0.4 is 0 Å². The van der Waals surface area contributed by atoms with Crippen molar-refractivity contribution in [2.45, 2.75) is 0 Å². The van der Waals surface area contributed by atoms with Crippen LogP contribution in [0.2, 0.25) is 0 Å². The summed E-state index contributed by atoms with van der Waals surface area (Å²) in [6, 6.07) is 0. The van der Waals surface area contributed by atoms with Gasteiger partial charge in [-0.1, -0.05) is 0 Å². The van der Waals surface area contributed by atoms with E-state index in [-0.39, 0.29) is 0 Å². The Morgan fingerprint density at radius 2 is 1.40 bits per heavy atom. The van der Waals surface area contributed by atoms with E-state index < -0.39 is 17.0 Å². The van der Waals surface area contributed by atoms with Crippen molar-refractivity contribution in [3.8, 4) is 0 Å². The summed E-state index contributed by atoms with van der Waals surface area (Å²) in [6.07, 6.45) is 0. The molecular formula is H5O8PSi. The largest absolute Gasteiger partial charge is 0.798 e. The highest BCUT2D eigenvalue weighted by Gasteiger charge is 2.00. The van der Waals surface area contributed by atoms with Crippen LogP contribution in [0.15, 0.2) is 0 Å². The molecule has 0 aromatic rings. The molecule has 0 fully saturated rings. The molecule has 0 unspecified atom stereocenters. The first-order valence-corrected chi connectivity index (χ1v) is 4.43. The lowest BCUT2D eigenvalue weighted by Crippen LogP contribution is -1.99. The van der Waals surface area contributed by atoms with Crippen molar-refractivity contribution >= 4 is 17.0 Å². The third kappa shape index (κ3) is 121. The predicted molar refractivity (Wildman–Crippen MR) is 26.6 cm³/mol. The highest BCUT2D eigenvalue weighted by atomic mass is 31.2. The molecular weight excluding hydrogens is 187 g/mol. The SMILES string of the molecule is O=P(O)(O)O.O=[Si](O)OO. The molecule has 0 aliphatic heterocycles. The average molecular weight is 192 g/mol. The van der Waals surface area contributed by atoms with Crippen molar-refractivity contribution in [3.63, 3.8) is 0 Å². The highest BCUT2D eigenvalue weighted by Crippen LogP contribution is 2.25. The van der Waals surface area contributed by atoms with E-state index in [4.69, 9.17) is 33.8 Å². The number of hydrogen-bond acceptors (Lipinski definition) is 4. The second kappa shape index (κ2) is 5.47. The van der Waals surface area contributed by atoms with Gasteiger partial charge < -0.3 is 24.1 Å². The minimum Gasteiger partial charge on any atom is -0.510 e. The quantitative estimate of drug-likeness (QED) is 0.138. The Morgan fingerprint density at radius 3 is 1.40 bits per heavy atom. The Kier molecular flexibility index (Phi) is 6.77. The van der Waals surface area contributed by atoms with Gasteiger partial charge in [0.2, 0.25) is 0 Å². The van der Waals surface area contributed by atoms with Crippen LogP contribution in [-0.4, -0.2) is 33.9 Å². The standard InChI is InChI=1S/H3O4P.H2O4Si/c1-5(2,3)4;1-4-5(2)3/h(H3,1,2,3,4);1-2H. The van der Waals surface area contributed by atoms with E-state index in [1.807, 2.05) is 0 Å². The topological polar surface area (TPSA) is 145 Å². The van der Waals surface area contributed by atoms with E-state index >= 15 is 0 Å². The second-order valence-corrected chi connectivity index (χ2v) is 2.61. The Balaban J connectivity index is 0. The molecule has 0 radical (unpaired) electrons. The van der Waals surface area contributed by atoms with E-state index in [1.54, 1.807) is 0 Å². The minimum atomic E-state index is -4.64. The molecule has 0 atom stereocenters. The Bertz CT molecular complexity index is 124. The maximum atomic E-state index is 9.08. The van der Waals surface area contributed by atoms with Crippen LogP contribution in [0.5, 0.6) is 0 Å². The minimum absolute atomic E-state index is 2.85. The fraction of sp³-hybridized carbons (Fsp3) is 0. The van der Waals surface area contributed by atoms with Gasteiger partial charge in [0, 0.05) is 0 Å². The molecule has 0 amide bonds. The zero-order chi connectivity index (χ0) is 8.78. The van der Waals surface area contributed by atoms with Crippen LogP contribution in [0.4, 0.5) is 0 Å². The molecule has 0 aliphatic carbocycles. The number of rotatable bonds is 1. The fourth-order valence-corrected chi connectivity index (χ4v) is 0. The van der Waals surface area contributed by atoms with Crippen molar-refractivity contribution in [2.24, 2.45) is 0 Å². The fourth-order valence-electron chi connectivity index (χ4n) is 0. The van der Waals surface area contributed by atoms with Crippen LogP contribution in [0.25, 0.3) is 0 Å². The van der Waals surface area contributed by atoms with Gasteiger partial charge in [-0.25, -0.2) is 9.82 Å². The summed E-state index contributed by atoms with van der Waals surface area (Å²) in [5.74, 6) is 0. The lowest BCUT2D eigenvalue weighted by molar-refractivity contribution is -0.161. The Hall–Kier alpha value is -0.313. The third-order valence-corrected chi connectivity index (χ3v) is 0.234. The van der Waals surface area contributed by atoms with Crippen molar-refractivity contribution in [3.05, 3.63) is 0 Å². The van der Waals surface area contributed by atoms with Crippen molar-refractivity contribution in [1.82, 2.24) is 0 Å². The lowest BCUT2D eigenvalue weighted by atomic mass is 15.0. The molecule has 8 nitrogen and oxygen atoms in total. The smallest absolute Gasteiger partial charge is 0.510 e. The number of hydrogen-bond donors (Lipinski definition) is 5. The maximum Gasteiger partial charge on any atom is 0.798 e. The van der Waals surface area contributed by atoms with Crippen LogP contribution in [0, 0.1) is 0 Å². The number of phosphoric acid groups is 1. The first-order chi connectivity index (χ1) is 4.27. The van der Waals surface area contributed by atoms with E-state index in [9.17, 15) is 0 Å². The van der Waals surface area contributed by atoms with E-state index in [0.717, 1.165) is 0 Å². The van der Waals surface area contributed by atoms with Crippen LogP contribution >= 0.6 is 7.82 Å². The molecule has 0 saturated carbocycles. The molecule has 0 aromatic heterocycles. The summed E-state index contributed by atoms with van der Waals surface area (Å²) in [7, 11) is -7.71. The molecule has 0 aliphatic rings. The Morgan fingerprint density at radius 1 is 1.30 bits per heavy atom. The summed E-state index contributed by atoms with van der Waals surface area (Å²) in [6.45, 7) is 0. The summed E-state index contributed by atoms with van der Waals surface area (Å²) in [4.78, 5) is 29.0. The third-order valence-electron chi connectivity index (χ3n) is 0.0781. The molecule has 0 aromatic carbocycles. The molecule has 10 heteroatoms. The van der Waals surface area contributed by atoms with Crippen molar-refractivity contribution in [2.75, 3.05) is 0 Å². The summed E-state index contributed by atoms with van der Waals surface area (Å²) >= 11 is 0. The molecule has 0 rings (SSSR count). The van der Waals surface area contributed by atoms with E-state index in [0.29, 0.717) is 0 Å².